The van der Waals surface area contributed by atoms with Crippen molar-refractivity contribution in [1.82, 2.24) is 0 Å². The van der Waals surface area contributed by atoms with Crippen molar-refractivity contribution >= 4 is 55.5 Å². The fraction of sp³-hybridized carbons (Fsp3) is 0.0286. The second-order valence-electron chi connectivity index (χ2n) is 19.7. The Morgan fingerprint density at radius 2 is 0.867 bits per heavy atom. The number of nitrogens with two attached hydrogens (primary N) is 1. The average molecular weight is 960 g/mol. The molecule has 0 saturated heterocycles. The molecule has 5 nitrogen and oxygen atoms in total. The molecule has 2 aliphatic rings. The Hall–Kier alpha value is -9.84. The zero-order chi connectivity index (χ0) is 49.6. The lowest BCUT2D eigenvalue weighted by molar-refractivity contribution is 0.668. The first kappa shape index (κ1) is 42.8. The Labute approximate surface area is 433 Å². The van der Waals surface area contributed by atoms with Crippen LogP contribution in [0.1, 0.15) is 38.9 Å². The van der Waals surface area contributed by atoms with Crippen molar-refractivity contribution in [2.75, 3.05) is 0 Å². The van der Waals surface area contributed by atoms with Crippen LogP contribution in [0.5, 0.6) is 0 Å². The van der Waals surface area contributed by atoms with Gasteiger partial charge >= 0.3 is 0 Å². The predicted molar refractivity (Wildman–Crippen MR) is 307 cm³/mol. The van der Waals surface area contributed by atoms with Crippen molar-refractivity contribution in [3.8, 4) is 55.6 Å². The molecule has 1 spiro atoms. The van der Waals surface area contributed by atoms with Crippen LogP contribution in [0.3, 0.4) is 0 Å². The Bertz CT molecular complexity index is 4470. The van der Waals surface area contributed by atoms with Crippen LogP contribution in [0, 0.1) is 0 Å². The Kier molecular flexibility index (Phi) is 9.63. The number of para-hydroxylation sites is 1. The summed E-state index contributed by atoms with van der Waals surface area (Å²) in [6.45, 7) is 0.328. The van der Waals surface area contributed by atoms with E-state index < -0.39 is 0 Å². The molecule has 15 rings (SSSR count). The summed E-state index contributed by atoms with van der Waals surface area (Å²) in [5.74, 6) is 0.885. The standard InChI is InChI=1S/C70H45N3O2/c71-68(53-23-5-4-19-49(53)45-16-2-1-3-17-45)73-69(55-25-15-31-65-67(55)54-24-9-13-29-62(54)74-65)72-42-48-18-14-30-64-66(48)57-41-47(37-39-63(57)75-64)44-34-32-43(33-35-44)46-36-38-61-56(40-46)52-22-8-12-28-60(52)70(61)58-26-10-6-20-50(58)51-21-7-11-27-59(51)70/h1-41H,42H2,(H2,71,72,73). The Balaban J connectivity index is 0.800. The van der Waals surface area contributed by atoms with Gasteiger partial charge in [0.25, 0.3) is 0 Å². The average Bonchev–Trinajstić information content (AvgIpc) is 4.41. The van der Waals surface area contributed by atoms with Crippen LogP contribution < -0.4 is 5.73 Å². The third-order valence-electron chi connectivity index (χ3n) is 15.7. The van der Waals surface area contributed by atoms with Gasteiger partial charge in [-0.3, -0.25) is 4.99 Å². The summed E-state index contributed by atoms with van der Waals surface area (Å²) in [5.41, 5.74) is 29.8. The predicted octanol–water partition coefficient (Wildman–Crippen LogP) is 17.2. The highest BCUT2D eigenvalue weighted by molar-refractivity contribution is 6.21. The summed E-state index contributed by atoms with van der Waals surface area (Å²) in [7, 11) is 0. The molecule has 0 radical (unpaired) electrons. The lowest BCUT2D eigenvalue weighted by Crippen LogP contribution is -2.25. The van der Waals surface area contributed by atoms with Gasteiger partial charge in [0.1, 0.15) is 28.2 Å². The molecule has 0 bridgehead atoms. The van der Waals surface area contributed by atoms with Gasteiger partial charge in [0.15, 0.2) is 5.84 Å². The smallest absolute Gasteiger partial charge is 0.158 e. The summed E-state index contributed by atoms with van der Waals surface area (Å²) in [6, 6.07) is 88.2. The molecule has 0 saturated carbocycles. The molecule has 2 aromatic heterocycles. The minimum atomic E-state index is -0.354. The van der Waals surface area contributed by atoms with Crippen molar-refractivity contribution in [3.63, 3.8) is 0 Å². The summed E-state index contributed by atoms with van der Waals surface area (Å²) in [6.07, 6.45) is 0. The number of hydrogen-bond donors (Lipinski definition) is 1. The minimum Gasteiger partial charge on any atom is -0.456 e. The summed E-state index contributed by atoms with van der Waals surface area (Å²) in [5, 5.41) is 3.99. The number of benzene rings is 11. The van der Waals surface area contributed by atoms with Crippen LogP contribution in [-0.2, 0) is 12.0 Å². The van der Waals surface area contributed by atoms with E-state index in [9.17, 15) is 0 Å². The molecule has 11 aromatic carbocycles. The number of hydrogen-bond acceptors (Lipinski definition) is 3. The Morgan fingerprint density at radius 1 is 0.360 bits per heavy atom. The van der Waals surface area contributed by atoms with Gasteiger partial charge in [0, 0.05) is 32.7 Å². The largest absolute Gasteiger partial charge is 0.456 e. The molecule has 2 N–H and O–H groups in total. The third-order valence-corrected chi connectivity index (χ3v) is 15.7. The molecule has 0 amide bonds. The third kappa shape index (κ3) is 6.58. The molecule has 0 unspecified atom stereocenters. The van der Waals surface area contributed by atoms with E-state index in [-0.39, 0.29) is 5.41 Å². The van der Waals surface area contributed by atoms with Crippen LogP contribution in [0.4, 0.5) is 0 Å². The van der Waals surface area contributed by atoms with Gasteiger partial charge in [0.05, 0.1) is 12.0 Å². The van der Waals surface area contributed by atoms with Gasteiger partial charge in [-0.1, -0.05) is 212 Å². The van der Waals surface area contributed by atoms with E-state index in [4.69, 9.17) is 24.6 Å². The van der Waals surface area contributed by atoms with Crippen LogP contribution in [0.15, 0.2) is 268 Å². The van der Waals surface area contributed by atoms with E-state index in [1.165, 1.54) is 55.6 Å². The van der Waals surface area contributed by atoms with Crippen LogP contribution in [0.2, 0.25) is 0 Å². The monoisotopic (exact) mass is 959 g/mol. The first-order valence-electron chi connectivity index (χ1n) is 25.5. The van der Waals surface area contributed by atoms with E-state index >= 15 is 0 Å². The number of nitrogens with zero attached hydrogens (tertiary/aromatic N) is 2. The van der Waals surface area contributed by atoms with Crippen molar-refractivity contribution in [3.05, 3.63) is 288 Å². The maximum Gasteiger partial charge on any atom is 0.158 e. The highest BCUT2D eigenvalue weighted by Gasteiger charge is 2.51. The first-order valence-corrected chi connectivity index (χ1v) is 25.5. The van der Waals surface area contributed by atoms with Crippen molar-refractivity contribution in [2.24, 2.45) is 15.7 Å². The van der Waals surface area contributed by atoms with Crippen LogP contribution in [0.25, 0.3) is 99.5 Å². The lowest BCUT2D eigenvalue weighted by Gasteiger charge is -2.30. The molecule has 0 atom stereocenters. The Morgan fingerprint density at radius 3 is 1.59 bits per heavy atom. The second kappa shape index (κ2) is 16.9. The summed E-state index contributed by atoms with van der Waals surface area (Å²) in [4.78, 5) is 10.6. The van der Waals surface area contributed by atoms with Crippen molar-refractivity contribution < 1.29 is 8.83 Å². The fourth-order valence-corrected chi connectivity index (χ4v) is 12.4. The van der Waals surface area contributed by atoms with E-state index in [1.807, 2.05) is 78.9 Å². The number of amidine groups is 2. The number of furan rings is 2. The second-order valence-corrected chi connectivity index (χ2v) is 19.7. The van der Waals surface area contributed by atoms with Crippen molar-refractivity contribution in [2.45, 2.75) is 12.0 Å². The minimum absolute atomic E-state index is 0.328. The molecule has 2 heterocycles. The van der Waals surface area contributed by atoms with Gasteiger partial charge in [-0.05, 0) is 120 Å². The highest BCUT2D eigenvalue weighted by Crippen LogP contribution is 2.63. The lowest BCUT2D eigenvalue weighted by atomic mass is 9.70. The quantitative estimate of drug-likeness (QED) is 0.128. The maximum atomic E-state index is 7.06. The van der Waals surface area contributed by atoms with E-state index in [2.05, 4.69) is 170 Å². The number of aliphatic imine (C=N–C) groups is 2. The van der Waals surface area contributed by atoms with Gasteiger partial charge in [-0.15, -0.1) is 0 Å². The van der Waals surface area contributed by atoms with E-state index in [0.717, 1.165) is 82.8 Å². The SMILES string of the molecule is NC(=NC(=NCc1cccc2oc3ccc(-c4ccc(-c5ccc6c(c5)-c5ccccc5C65c6ccccc6-c6ccccc65)cc4)cc3c12)c1cccc2oc3ccccc3c12)c1ccccc1-c1ccccc1. The van der Waals surface area contributed by atoms with Gasteiger partial charge in [-0.2, -0.15) is 0 Å². The van der Waals surface area contributed by atoms with E-state index in [0.29, 0.717) is 18.2 Å². The molecular weight excluding hydrogens is 915 g/mol. The normalized spacial score (nSPS) is 13.4. The molecule has 0 aliphatic heterocycles. The molecule has 0 fully saturated rings. The number of fused-ring (bicyclic) bond motifs is 16. The molecule has 13 aromatic rings. The molecule has 2 aliphatic carbocycles. The zero-order valence-electron chi connectivity index (χ0n) is 40.7. The maximum absolute atomic E-state index is 7.06. The molecule has 5 heteroatoms. The summed E-state index contributed by atoms with van der Waals surface area (Å²) >= 11 is 0. The molecule has 352 valence electrons. The fourth-order valence-electron chi connectivity index (χ4n) is 12.4. The van der Waals surface area contributed by atoms with Crippen molar-refractivity contribution in [1.29, 1.82) is 0 Å². The van der Waals surface area contributed by atoms with E-state index in [1.54, 1.807) is 0 Å². The van der Waals surface area contributed by atoms with Gasteiger partial charge < -0.3 is 14.6 Å². The molecular formula is C70H45N3O2. The highest BCUT2D eigenvalue weighted by atomic mass is 16.3. The molecule has 75 heavy (non-hydrogen) atoms. The van der Waals surface area contributed by atoms with Gasteiger partial charge in [0.2, 0.25) is 0 Å². The van der Waals surface area contributed by atoms with Crippen LogP contribution in [-0.4, -0.2) is 11.7 Å². The van der Waals surface area contributed by atoms with Crippen LogP contribution >= 0.6 is 0 Å². The number of rotatable bonds is 7. The summed E-state index contributed by atoms with van der Waals surface area (Å²) < 4.78 is 12.9. The first-order chi connectivity index (χ1) is 37.1. The topological polar surface area (TPSA) is 77.0 Å². The van der Waals surface area contributed by atoms with Gasteiger partial charge in [-0.25, -0.2) is 4.99 Å². The zero-order valence-corrected chi connectivity index (χ0v) is 40.7.